The molecule has 2 aromatic rings. The van der Waals surface area contributed by atoms with Crippen LogP contribution < -0.4 is 5.32 Å². The normalized spacial score (nSPS) is 11.5. The number of rotatable bonds is 6. The maximum absolute atomic E-state index is 12.1. The number of aliphatic hydroxyl groups excluding tert-OH is 1. The van der Waals surface area contributed by atoms with E-state index in [1.54, 1.807) is 6.07 Å². The van der Waals surface area contributed by atoms with Gasteiger partial charge in [0.15, 0.2) is 9.84 Å². The van der Waals surface area contributed by atoms with Gasteiger partial charge in [0.05, 0.1) is 12.4 Å². The van der Waals surface area contributed by atoms with Crippen LogP contribution in [0.5, 0.6) is 0 Å². The quantitative estimate of drug-likeness (QED) is 0.791. The fourth-order valence-corrected chi connectivity index (χ4v) is 4.26. The zero-order valence-electron chi connectivity index (χ0n) is 11.8. The first kappa shape index (κ1) is 16.9. The average Bonchev–Trinajstić information content (AvgIpc) is 2.47. The second kappa shape index (κ2) is 7.21. The third-order valence-electron chi connectivity index (χ3n) is 3.10. The van der Waals surface area contributed by atoms with Crippen molar-refractivity contribution in [2.45, 2.75) is 5.75 Å². The summed E-state index contributed by atoms with van der Waals surface area (Å²) in [6, 6.07) is 11.3. The highest BCUT2D eigenvalue weighted by Crippen LogP contribution is 2.28. The van der Waals surface area contributed by atoms with Crippen molar-refractivity contribution in [3.05, 3.63) is 46.4 Å². The summed E-state index contributed by atoms with van der Waals surface area (Å²) >= 11 is 3.44. The number of hydrogen-bond donors (Lipinski definition) is 2. The van der Waals surface area contributed by atoms with E-state index >= 15 is 0 Å². The summed E-state index contributed by atoms with van der Waals surface area (Å²) in [5, 5.41) is 12.9. The molecule has 0 aliphatic carbocycles. The molecule has 7 heteroatoms. The first-order valence-corrected chi connectivity index (χ1v) is 9.28. The first-order chi connectivity index (χ1) is 10.4. The Morgan fingerprint density at radius 2 is 1.91 bits per heavy atom. The molecule has 0 aliphatic heterocycles. The van der Waals surface area contributed by atoms with E-state index < -0.39 is 21.5 Å². The zero-order valence-corrected chi connectivity index (χ0v) is 14.2. The van der Waals surface area contributed by atoms with E-state index in [1.165, 1.54) is 0 Å². The molecule has 0 heterocycles. The van der Waals surface area contributed by atoms with Gasteiger partial charge in [-0.2, -0.15) is 0 Å². The van der Waals surface area contributed by atoms with Gasteiger partial charge < -0.3 is 10.4 Å². The van der Waals surface area contributed by atoms with Crippen molar-refractivity contribution in [1.29, 1.82) is 0 Å². The molecule has 2 N–H and O–H groups in total. The molecule has 0 aliphatic rings. The van der Waals surface area contributed by atoms with Crippen molar-refractivity contribution in [2.24, 2.45) is 0 Å². The molecule has 5 nitrogen and oxygen atoms in total. The SMILES string of the molecule is O=C(CS(=O)(=O)Cc1ccc2ccccc2c1Br)NCCO. The minimum absolute atomic E-state index is 0.0496. The molecule has 0 spiro atoms. The maximum Gasteiger partial charge on any atom is 0.235 e. The lowest BCUT2D eigenvalue weighted by Gasteiger charge is -2.09. The van der Waals surface area contributed by atoms with Crippen molar-refractivity contribution >= 4 is 42.4 Å². The Balaban J connectivity index is 2.19. The Morgan fingerprint density at radius 3 is 2.64 bits per heavy atom. The summed E-state index contributed by atoms with van der Waals surface area (Å²) in [4.78, 5) is 11.5. The van der Waals surface area contributed by atoms with Crippen LogP contribution in [-0.4, -0.2) is 38.3 Å². The molecule has 2 rings (SSSR count). The summed E-state index contributed by atoms with van der Waals surface area (Å²) < 4.78 is 25.0. The van der Waals surface area contributed by atoms with E-state index in [0.717, 1.165) is 15.2 Å². The molecule has 2 aromatic carbocycles. The van der Waals surface area contributed by atoms with Crippen molar-refractivity contribution in [2.75, 3.05) is 18.9 Å². The maximum atomic E-state index is 12.1. The fourth-order valence-electron chi connectivity index (χ4n) is 2.12. The van der Waals surface area contributed by atoms with Gasteiger partial charge in [-0.25, -0.2) is 8.42 Å². The Labute approximate surface area is 137 Å². The third kappa shape index (κ3) is 4.28. The lowest BCUT2D eigenvalue weighted by molar-refractivity contribution is -0.118. The lowest BCUT2D eigenvalue weighted by Crippen LogP contribution is -2.32. The Bertz CT molecular complexity index is 789. The molecule has 0 saturated heterocycles. The van der Waals surface area contributed by atoms with Gasteiger partial charge in [-0.3, -0.25) is 4.79 Å². The van der Waals surface area contributed by atoms with E-state index in [1.807, 2.05) is 30.3 Å². The fraction of sp³-hybridized carbons (Fsp3) is 0.267. The third-order valence-corrected chi connectivity index (χ3v) is 5.49. The number of carbonyl (C=O) groups is 1. The number of halogens is 1. The second-order valence-corrected chi connectivity index (χ2v) is 7.72. The Kier molecular flexibility index (Phi) is 5.55. The van der Waals surface area contributed by atoms with Gasteiger partial charge in [0.1, 0.15) is 5.75 Å². The van der Waals surface area contributed by atoms with Crippen LogP contribution in [0.3, 0.4) is 0 Å². The number of nitrogens with one attached hydrogen (secondary N) is 1. The summed E-state index contributed by atoms with van der Waals surface area (Å²) in [6.45, 7) is -0.171. The van der Waals surface area contributed by atoms with Crippen LogP contribution in [0.1, 0.15) is 5.56 Å². The minimum Gasteiger partial charge on any atom is -0.395 e. The highest BCUT2D eigenvalue weighted by atomic mass is 79.9. The van der Waals surface area contributed by atoms with E-state index in [9.17, 15) is 13.2 Å². The number of carbonyl (C=O) groups excluding carboxylic acids is 1. The summed E-state index contributed by atoms with van der Waals surface area (Å²) in [5.41, 5.74) is 0.619. The number of aliphatic hydroxyl groups is 1. The van der Waals surface area contributed by atoms with Crippen LogP contribution in [0.25, 0.3) is 10.8 Å². The summed E-state index contributed by atoms with van der Waals surface area (Å²) in [6.07, 6.45) is 0. The summed E-state index contributed by atoms with van der Waals surface area (Å²) in [5.74, 6) is -1.41. The molecule has 1 amide bonds. The summed E-state index contributed by atoms with van der Waals surface area (Å²) in [7, 11) is -3.58. The predicted octanol–water partition coefficient (Wildman–Crippen LogP) is 1.63. The Morgan fingerprint density at radius 1 is 1.18 bits per heavy atom. The molecule has 0 bridgehead atoms. The van der Waals surface area contributed by atoms with Gasteiger partial charge >= 0.3 is 0 Å². The number of hydrogen-bond acceptors (Lipinski definition) is 4. The topological polar surface area (TPSA) is 83.5 Å². The predicted molar refractivity (Wildman–Crippen MR) is 89.2 cm³/mol. The molecule has 0 aromatic heterocycles. The molecule has 0 atom stereocenters. The van der Waals surface area contributed by atoms with Crippen molar-refractivity contribution in [3.63, 3.8) is 0 Å². The van der Waals surface area contributed by atoms with Crippen LogP contribution in [0.4, 0.5) is 0 Å². The average molecular weight is 386 g/mol. The second-order valence-electron chi connectivity index (χ2n) is 4.87. The van der Waals surface area contributed by atoms with Gasteiger partial charge in [-0.1, -0.05) is 36.4 Å². The van der Waals surface area contributed by atoms with Gasteiger partial charge in [0, 0.05) is 11.0 Å². The molecule has 0 unspecified atom stereocenters. The van der Waals surface area contributed by atoms with E-state index in [-0.39, 0.29) is 18.9 Å². The smallest absolute Gasteiger partial charge is 0.235 e. The molecule has 0 saturated carbocycles. The molecular formula is C15H16BrNO4S. The lowest BCUT2D eigenvalue weighted by atomic mass is 10.1. The Hall–Kier alpha value is -1.44. The standard InChI is InChI=1S/C15H16BrNO4S/c16-15-12(6-5-11-3-1-2-4-13(11)15)9-22(20,21)10-14(19)17-7-8-18/h1-6,18H,7-10H2,(H,17,19). The largest absolute Gasteiger partial charge is 0.395 e. The molecular weight excluding hydrogens is 370 g/mol. The van der Waals surface area contributed by atoms with Crippen LogP contribution in [-0.2, 0) is 20.4 Å². The van der Waals surface area contributed by atoms with Crippen molar-refractivity contribution < 1.29 is 18.3 Å². The molecule has 0 fully saturated rings. The van der Waals surface area contributed by atoms with Gasteiger partial charge in [-0.15, -0.1) is 0 Å². The van der Waals surface area contributed by atoms with Crippen LogP contribution in [0.15, 0.2) is 40.9 Å². The first-order valence-electron chi connectivity index (χ1n) is 6.67. The molecule has 22 heavy (non-hydrogen) atoms. The van der Waals surface area contributed by atoms with Crippen LogP contribution in [0.2, 0.25) is 0 Å². The number of benzene rings is 2. The molecule has 118 valence electrons. The molecule has 0 radical (unpaired) electrons. The van der Waals surface area contributed by atoms with Crippen LogP contribution >= 0.6 is 15.9 Å². The highest BCUT2D eigenvalue weighted by molar-refractivity contribution is 9.10. The van der Waals surface area contributed by atoms with Crippen molar-refractivity contribution in [1.82, 2.24) is 5.32 Å². The number of amides is 1. The van der Waals surface area contributed by atoms with Gasteiger partial charge in [0.2, 0.25) is 5.91 Å². The van der Waals surface area contributed by atoms with Gasteiger partial charge in [-0.05, 0) is 32.3 Å². The van der Waals surface area contributed by atoms with E-state index in [2.05, 4.69) is 21.2 Å². The number of sulfone groups is 1. The zero-order chi connectivity index (χ0) is 16.2. The van der Waals surface area contributed by atoms with E-state index in [0.29, 0.717) is 5.56 Å². The number of fused-ring (bicyclic) bond motifs is 1. The highest BCUT2D eigenvalue weighted by Gasteiger charge is 2.19. The minimum atomic E-state index is -3.58. The van der Waals surface area contributed by atoms with Gasteiger partial charge in [0.25, 0.3) is 0 Å². The van der Waals surface area contributed by atoms with Crippen LogP contribution in [0, 0.1) is 0 Å². The monoisotopic (exact) mass is 385 g/mol. The van der Waals surface area contributed by atoms with Crippen molar-refractivity contribution in [3.8, 4) is 0 Å². The van der Waals surface area contributed by atoms with E-state index in [4.69, 9.17) is 5.11 Å².